The Bertz CT molecular complexity index is 276. The van der Waals surface area contributed by atoms with Gasteiger partial charge in [0.25, 0.3) is 0 Å². The smallest absolute Gasteiger partial charge is 0.326 e. The van der Waals surface area contributed by atoms with Gasteiger partial charge in [-0.05, 0) is 20.3 Å². The zero-order valence-corrected chi connectivity index (χ0v) is 11.3. The summed E-state index contributed by atoms with van der Waals surface area (Å²) < 4.78 is 5.23. The summed E-state index contributed by atoms with van der Waals surface area (Å²) >= 11 is 0. The van der Waals surface area contributed by atoms with Crippen LogP contribution >= 0.6 is 0 Å². The molecule has 17 heavy (non-hydrogen) atoms. The number of rotatable bonds is 7. The number of aliphatic carboxylic acids is 1. The fraction of sp³-hybridized carbons (Fsp3) is 0.833. The molecule has 0 aliphatic heterocycles. The van der Waals surface area contributed by atoms with E-state index >= 15 is 0 Å². The van der Waals surface area contributed by atoms with Gasteiger partial charge in [0.1, 0.15) is 6.04 Å². The number of nitrogens with zero attached hydrogens (tertiary/aromatic N) is 1. The highest BCUT2D eigenvalue weighted by atomic mass is 16.5. The predicted octanol–water partition coefficient (Wildman–Crippen LogP) is 1.51. The SMILES string of the molecule is CCCN(C(C)=O)C(CC(C)(C)OC)C(=O)O. The normalized spacial score (nSPS) is 13.2. The van der Waals surface area contributed by atoms with Gasteiger partial charge in [-0.2, -0.15) is 0 Å². The Kier molecular flexibility index (Phi) is 6.16. The average molecular weight is 245 g/mol. The first kappa shape index (κ1) is 15.9. The molecule has 0 aliphatic rings. The summed E-state index contributed by atoms with van der Waals surface area (Å²) in [6, 6.07) is -0.831. The number of hydrogen-bond acceptors (Lipinski definition) is 3. The van der Waals surface area contributed by atoms with Crippen molar-refractivity contribution in [2.45, 2.75) is 52.2 Å². The maximum absolute atomic E-state index is 11.5. The Balaban J connectivity index is 4.93. The Morgan fingerprint density at radius 3 is 2.24 bits per heavy atom. The van der Waals surface area contributed by atoms with Gasteiger partial charge < -0.3 is 14.7 Å². The van der Waals surface area contributed by atoms with Crippen LogP contribution in [0.15, 0.2) is 0 Å². The highest BCUT2D eigenvalue weighted by Gasteiger charge is 2.33. The first-order valence-corrected chi connectivity index (χ1v) is 5.80. The van der Waals surface area contributed by atoms with Crippen molar-refractivity contribution < 1.29 is 19.4 Å². The molecule has 0 radical (unpaired) electrons. The molecule has 0 bridgehead atoms. The lowest BCUT2D eigenvalue weighted by atomic mass is 9.97. The lowest BCUT2D eigenvalue weighted by Gasteiger charge is -2.33. The Morgan fingerprint density at radius 2 is 1.94 bits per heavy atom. The first-order valence-electron chi connectivity index (χ1n) is 5.80. The molecule has 5 heteroatoms. The van der Waals surface area contributed by atoms with Crippen LogP contribution in [-0.4, -0.2) is 47.2 Å². The number of ether oxygens (including phenoxy) is 1. The minimum absolute atomic E-state index is 0.217. The van der Waals surface area contributed by atoms with Gasteiger partial charge in [0, 0.05) is 27.0 Å². The van der Waals surface area contributed by atoms with E-state index in [1.807, 2.05) is 20.8 Å². The summed E-state index contributed by atoms with van der Waals surface area (Å²) in [5, 5.41) is 9.23. The number of amides is 1. The second-order valence-electron chi connectivity index (χ2n) is 4.73. The maximum atomic E-state index is 11.5. The van der Waals surface area contributed by atoms with Crippen molar-refractivity contribution in [3.8, 4) is 0 Å². The standard InChI is InChI=1S/C12H23NO4/c1-6-7-13(9(2)14)10(11(15)16)8-12(3,4)17-5/h10H,6-8H2,1-5H3,(H,15,16). The molecule has 0 aliphatic carbocycles. The zero-order valence-electron chi connectivity index (χ0n) is 11.3. The number of carboxylic acid groups (broad SMARTS) is 1. The minimum atomic E-state index is -0.987. The molecule has 0 rings (SSSR count). The Labute approximate surface area is 103 Å². The summed E-state index contributed by atoms with van der Waals surface area (Å²) in [5.41, 5.74) is -0.565. The third-order valence-corrected chi connectivity index (χ3v) is 2.77. The van der Waals surface area contributed by atoms with Crippen LogP contribution in [0.25, 0.3) is 0 Å². The highest BCUT2D eigenvalue weighted by Crippen LogP contribution is 2.20. The number of carbonyl (C=O) groups excluding carboxylic acids is 1. The van der Waals surface area contributed by atoms with Crippen LogP contribution < -0.4 is 0 Å². The first-order chi connectivity index (χ1) is 7.75. The average Bonchev–Trinajstić information content (AvgIpc) is 2.22. The van der Waals surface area contributed by atoms with Gasteiger partial charge in [0.2, 0.25) is 5.91 Å². The third-order valence-electron chi connectivity index (χ3n) is 2.77. The number of carbonyl (C=O) groups is 2. The van der Waals surface area contributed by atoms with Crippen molar-refractivity contribution in [3.63, 3.8) is 0 Å². The molecule has 1 N–H and O–H groups in total. The predicted molar refractivity (Wildman–Crippen MR) is 64.8 cm³/mol. The van der Waals surface area contributed by atoms with E-state index in [2.05, 4.69) is 0 Å². The molecule has 0 spiro atoms. The third kappa shape index (κ3) is 5.17. The number of carboxylic acids is 1. The molecule has 0 saturated heterocycles. The molecule has 1 unspecified atom stereocenters. The second-order valence-corrected chi connectivity index (χ2v) is 4.73. The van der Waals surface area contributed by atoms with Gasteiger partial charge in [0.15, 0.2) is 0 Å². The molecule has 100 valence electrons. The molecule has 5 nitrogen and oxygen atoms in total. The van der Waals surface area contributed by atoms with Crippen LogP contribution in [0.4, 0.5) is 0 Å². The van der Waals surface area contributed by atoms with Crippen LogP contribution in [-0.2, 0) is 14.3 Å². The molecule has 1 atom stereocenters. The molecule has 1 amide bonds. The largest absolute Gasteiger partial charge is 0.480 e. The van der Waals surface area contributed by atoms with E-state index in [9.17, 15) is 14.7 Å². The van der Waals surface area contributed by atoms with Crippen LogP contribution in [0, 0.1) is 0 Å². The minimum Gasteiger partial charge on any atom is -0.480 e. The molecular weight excluding hydrogens is 222 g/mol. The van der Waals surface area contributed by atoms with Gasteiger partial charge in [0.05, 0.1) is 5.60 Å². The molecule has 0 aromatic carbocycles. The maximum Gasteiger partial charge on any atom is 0.326 e. The Hall–Kier alpha value is -1.10. The monoisotopic (exact) mass is 245 g/mol. The van der Waals surface area contributed by atoms with Crippen LogP contribution in [0.3, 0.4) is 0 Å². The van der Waals surface area contributed by atoms with E-state index in [1.54, 1.807) is 0 Å². The van der Waals surface area contributed by atoms with E-state index in [4.69, 9.17) is 4.74 Å². The van der Waals surface area contributed by atoms with Gasteiger partial charge in [-0.15, -0.1) is 0 Å². The van der Waals surface area contributed by atoms with E-state index in [1.165, 1.54) is 18.9 Å². The summed E-state index contributed by atoms with van der Waals surface area (Å²) in [7, 11) is 1.54. The topological polar surface area (TPSA) is 66.8 Å². The van der Waals surface area contributed by atoms with Crippen molar-refractivity contribution in [2.24, 2.45) is 0 Å². The quantitative estimate of drug-likeness (QED) is 0.738. The van der Waals surface area contributed by atoms with Crippen molar-refractivity contribution >= 4 is 11.9 Å². The van der Waals surface area contributed by atoms with E-state index in [-0.39, 0.29) is 12.3 Å². The lowest BCUT2D eigenvalue weighted by molar-refractivity contribution is -0.152. The molecule has 0 saturated carbocycles. The van der Waals surface area contributed by atoms with Crippen molar-refractivity contribution in [1.82, 2.24) is 4.90 Å². The van der Waals surface area contributed by atoms with Crippen molar-refractivity contribution in [2.75, 3.05) is 13.7 Å². The zero-order chi connectivity index (χ0) is 13.6. The molecule has 0 heterocycles. The highest BCUT2D eigenvalue weighted by molar-refractivity contribution is 5.82. The van der Waals surface area contributed by atoms with Gasteiger partial charge >= 0.3 is 5.97 Å². The fourth-order valence-corrected chi connectivity index (χ4v) is 1.65. The summed E-state index contributed by atoms with van der Waals surface area (Å²) in [6.45, 7) is 7.38. The van der Waals surface area contributed by atoms with Crippen molar-refractivity contribution in [1.29, 1.82) is 0 Å². The van der Waals surface area contributed by atoms with Gasteiger partial charge in [-0.25, -0.2) is 4.79 Å². The van der Waals surface area contributed by atoms with E-state index in [0.717, 1.165) is 6.42 Å². The fourth-order valence-electron chi connectivity index (χ4n) is 1.65. The lowest BCUT2D eigenvalue weighted by Crippen LogP contribution is -2.48. The molecular formula is C12H23NO4. The summed E-state index contributed by atoms with van der Waals surface area (Å²) in [5.74, 6) is -1.20. The molecule has 0 aromatic heterocycles. The summed E-state index contributed by atoms with van der Waals surface area (Å²) in [6.07, 6.45) is 1.01. The van der Waals surface area contributed by atoms with Crippen molar-refractivity contribution in [3.05, 3.63) is 0 Å². The van der Waals surface area contributed by atoms with Gasteiger partial charge in [-0.1, -0.05) is 6.92 Å². The molecule has 0 fully saturated rings. The van der Waals surface area contributed by atoms with Crippen LogP contribution in [0.5, 0.6) is 0 Å². The van der Waals surface area contributed by atoms with Crippen LogP contribution in [0.1, 0.15) is 40.5 Å². The van der Waals surface area contributed by atoms with Crippen LogP contribution in [0.2, 0.25) is 0 Å². The molecule has 0 aromatic rings. The Morgan fingerprint density at radius 1 is 1.41 bits per heavy atom. The van der Waals surface area contributed by atoms with E-state index in [0.29, 0.717) is 6.54 Å². The van der Waals surface area contributed by atoms with E-state index < -0.39 is 17.6 Å². The number of methoxy groups -OCH3 is 1. The second kappa shape index (κ2) is 6.59. The van der Waals surface area contributed by atoms with Gasteiger partial charge in [-0.3, -0.25) is 4.79 Å². The number of hydrogen-bond donors (Lipinski definition) is 1. The summed E-state index contributed by atoms with van der Waals surface area (Å²) in [4.78, 5) is 24.1.